The molecule has 3 rings (SSSR count). The highest BCUT2D eigenvalue weighted by molar-refractivity contribution is 7.99. The lowest BCUT2D eigenvalue weighted by Crippen LogP contribution is -2.41. The van der Waals surface area contributed by atoms with Crippen molar-refractivity contribution in [2.75, 3.05) is 32.4 Å². The van der Waals surface area contributed by atoms with Crippen LogP contribution in [0.1, 0.15) is 23.4 Å². The zero-order chi connectivity index (χ0) is 19.2. The maximum absolute atomic E-state index is 4.51. The number of thioether (sulfide) groups is 1. The number of guanidine groups is 1. The second-order valence-corrected chi connectivity index (χ2v) is 8.32. The minimum atomic E-state index is 0.719. The van der Waals surface area contributed by atoms with Gasteiger partial charge in [-0.25, -0.2) is 0 Å². The molecule has 0 amide bonds. The van der Waals surface area contributed by atoms with Crippen molar-refractivity contribution in [2.24, 2.45) is 18.0 Å². The molecule has 27 heavy (non-hydrogen) atoms. The quantitative estimate of drug-likeness (QED) is 0.471. The van der Waals surface area contributed by atoms with Gasteiger partial charge < -0.3 is 10.2 Å². The summed E-state index contributed by atoms with van der Waals surface area (Å²) >= 11 is 1.96. The first-order valence-electron chi connectivity index (χ1n) is 9.71. The van der Waals surface area contributed by atoms with E-state index in [9.17, 15) is 0 Å². The smallest absolute Gasteiger partial charge is 0.193 e. The number of nitrogens with one attached hydrogen (secondary N) is 1. The van der Waals surface area contributed by atoms with E-state index in [1.807, 2.05) is 30.5 Å². The van der Waals surface area contributed by atoms with E-state index in [1.54, 1.807) is 0 Å². The Morgan fingerprint density at radius 1 is 1.30 bits per heavy atom. The van der Waals surface area contributed by atoms with Crippen LogP contribution >= 0.6 is 11.8 Å². The molecule has 2 aromatic rings. The topological polar surface area (TPSA) is 45.5 Å². The van der Waals surface area contributed by atoms with Gasteiger partial charge >= 0.3 is 0 Å². The van der Waals surface area contributed by atoms with Gasteiger partial charge in [-0.05, 0) is 50.3 Å². The van der Waals surface area contributed by atoms with E-state index >= 15 is 0 Å². The average molecular weight is 386 g/mol. The molecule has 5 nitrogen and oxygen atoms in total. The zero-order valence-corrected chi connectivity index (χ0v) is 17.7. The van der Waals surface area contributed by atoms with Crippen LogP contribution in [0.5, 0.6) is 0 Å². The zero-order valence-electron chi connectivity index (χ0n) is 16.9. The van der Waals surface area contributed by atoms with Gasteiger partial charge in [-0.15, -0.1) is 11.8 Å². The van der Waals surface area contributed by atoms with E-state index in [-0.39, 0.29) is 0 Å². The Kier molecular flexibility index (Phi) is 6.83. The number of rotatable bonds is 6. The van der Waals surface area contributed by atoms with Crippen LogP contribution in [-0.4, -0.2) is 53.1 Å². The minimum absolute atomic E-state index is 0.719. The average Bonchev–Trinajstić information content (AvgIpc) is 3.24. The third kappa shape index (κ3) is 5.06. The molecule has 146 valence electrons. The highest BCUT2D eigenvalue weighted by atomic mass is 32.2. The lowest BCUT2D eigenvalue weighted by molar-refractivity contribution is 0.475. The molecule has 6 heteroatoms. The first-order valence-corrected chi connectivity index (χ1v) is 10.7. The predicted octanol–water partition coefficient (Wildman–Crippen LogP) is 3.27. The van der Waals surface area contributed by atoms with Crippen molar-refractivity contribution in [1.29, 1.82) is 0 Å². The van der Waals surface area contributed by atoms with Crippen LogP contribution in [-0.2, 0) is 13.5 Å². The van der Waals surface area contributed by atoms with E-state index in [0.717, 1.165) is 43.6 Å². The Morgan fingerprint density at radius 2 is 2.07 bits per heavy atom. The fourth-order valence-corrected chi connectivity index (χ4v) is 4.75. The molecule has 1 aliphatic heterocycles. The van der Waals surface area contributed by atoms with E-state index in [1.165, 1.54) is 28.3 Å². The SMILES string of the molecule is CN=C(NCCc1c(C)nn(C)c1C)N1CCC(CSc2ccccc2)C1. The lowest BCUT2D eigenvalue weighted by atomic mass is 10.1. The van der Waals surface area contributed by atoms with Crippen LogP contribution in [0.4, 0.5) is 0 Å². The van der Waals surface area contributed by atoms with Crippen LogP contribution in [0.3, 0.4) is 0 Å². The molecule has 0 aliphatic carbocycles. The van der Waals surface area contributed by atoms with E-state index in [2.05, 4.69) is 64.5 Å². The number of aromatic nitrogens is 2. The highest BCUT2D eigenvalue weighted by Gasteiger charge is 2.24. The summed E-state index contributed by atoms with van der Waals surface area (Å²) in [4.78, 5) is 8.27. The van der Waals surface area contributed by atoms with Crippen LogP contribution in [0.2, 0.25) is 0 Å². The molecule has 1 saturated heterocycles. The van der Waals surface area contributed by atoms with Gasteiger partial charge in [-0.1, -0.05) is 18.2 Å². The number of aryl methyl sites for hydroxylation is 2. The van der Waals surface area contributed by atoms with Gasteiger partial charge in [0.05, 0.1) is 5.69 Å². The Hall–Kier alpha value is -1.95. The number of hydrogen-bond donors (Lipinski definition) is 1. The van der Waals surface area contributed by atoms with Crippen LogP contribution < -0.4 is 5.32 Å². The largest absolute Gasteiger partial charge is 0.356 e. The van der Waals surface area contributed by atoms with Crippen molar-refractivity contribution in [3.63, 3.8) is 0 Å². The maximum Gasteiger partial charge on any atom is 0.193 e. The Morgan fingerprint density at radius 3 is 2.74 bits per heavy atom. The molecule has 1 aromatic heterocycles. The normalized spacial score (nSPS) is 17.6. The van der Waals surface area contributed by atoms with Crippen molar-refractivity contribution < 1.29 is 0 Å². The summed E-state index contributed by atoms with van der Waals surface area (Å²) in [6.07, 6.45) is 2.22. The Balaban J connectivity index is 1.45. The first kappa shape index (κ1) is 19.8. The number of nitrogens with zero attached hydrogens (tertiary/aromatic N) is 4. The van der Waals surface area contributed by atoms with Gasteiger partial charge in [-0.3, -0.25) is 9.67 Å². The van der Waals surface area contributed by atoms with E-state index in [0.29, 0.717) is 0 Å². The first-order chi connectivity index (χ1) is 13.1. The van der Waals surface area contributed by atoms with Gasteiger partial charge in [0.25, 0.3) is 0 Å². The standard InChI is InChI=1S/C21H31N5S/c1-16-20(17(2)25(4)24-16)10-12-23-21(22-3)26-13-11-18(14-26)15-27-19-8-6-5-7-9-19/h5-9,18H,10-15H2,1-4H3,(H,22,23). The number of likely N-dealkylation sites (tertiary alicyclic amines) is 1. The molecule has 0 radical (unpaired) electrons. The molecule has 0 saturated carbocycles. The lowest BCUT2D eigenvalue weighted by Gasteiger charge is -2.21. The van der Waals surface area contributed by atoms with Gasteiger partial charge in [0.1, 0.15) is 0 Å². The van der Waals surface area contributed by atoms with E-state index in [4.69, 9.17) is 0 Å². The summed E-state index contributed by atoms with van der Waals surface area (Å²) in [5, 5.41) is 8.06. The third-order valence-electron chi connectivity index (χ3n) is 5.34. The van der Waals surface area contributed by atoms with Gasteiger partial charge in [-0.2, -0.15) is 5.10 Å². The number of benzene rings is 1. The Labute approximate surface area is 167 Å². The summed E-state index contributed by atoms with van der Waals surface area (Å²) in [5.41, 5.74) is 3.73. The van der Waals surface area contributed by atoms with Crippen molar-refractivity contribution in [3.8, 4) is 0 Å². The van der Waals surface area contributed by atoms with Crippen LogP contribution in [0, 0.1) is 19.8 Å². The summed E-state index contributed by atoms with van der Waals surface area (Å²) < 4.78 is 1.97. The maximum atomic E-state index is 4.51. The fourth-order valence-electron chi connectivity index (χ4n) is 3.70. The van der Waals surface area contributed by atoms with Crippen LogP contribution in [0.15, 0.2) is 40.2 Å². The van der Waals surface area contributed by atoms with Crippen LogP contribution in [0.25, 0.3) is 0 Å². The molecule has 1 aliphatic rings. The van der Waals surface area contributed by atoms with Crippen molar-refractivity contribution >= 4 is 17.7 Å². The second-order valence-electron chi connectivity index (χ2n) is 7.22. The molecule has 2 heterocycles. The minimum Gasteiger partial charge on any atom is -0.356 e. The molecule has 1 N–H and O–H groups in total. The molecule has 1 unspecified atom stereocenters. The molecule has 1 aromatic carbocycles. The second kappa shape index (κ2) is 9.31. The summed E-state index contributed by atoms with van der Waals surface area (Å²) in [6.45, 7) is 7.29. The highest BCUT2D eigenvalue weighted by Crippen LogP contribution is 2.25. The van der Waals surface area contributed by atoms with Crippen molar-refractivity contribution in [1.82, 2.24) is 20.0 Å². The number of aliphatic imine (C=N–C) groups is 1. The van der Waals surface area contributed by atoms with Gasteiger partial charge in [0.15, 0.2) is 5.96 Å². The molecule has 0 bridgehead atoms. The Bertz CT molecular complexity index is 768. The van der Waals surface area contributed by atoms with Crippen molar-refractivity contribution in [3.05, 3.63) is 47.3 Å². The molecule has 1 atom stereocenters. The molecule has 0 spiro atoms. The van der Waals surface area contributed by atoms with Gasteiger partial charge in [0.2, 0.25) is 0 Å². The summed E-state index contributed by atoms with van der Waals surface area (Å²) in [6, 6.07) is 10.7. The fraction of sp³-hybridized carbons (Fsp3) is 0.524. The number of hydrogen-bond acceptors (Lipinski definition) is 3. The molecular weight excluding hydrogens is 354 g/mol. The summed E-state index contributed by atoms with van der Waals surface area (Å²) in [5.74, 6) is 2.92. The monoisotopic (exact) mass is 385 g/mol. The van der Waals surface area contributed by atoms with E-state index < -0.39 is 0 Å². The predicted molar refractivity (Wildman–Crippen MR) is 115 cm³/mol. The summed E-state index contributed by atoms with van der Waals surface area (Å²) in [7, 11) is 3.89. The van der Waals surface area contributed by atoms with Crippen molar-refractivity contribution in [2.45, 2.75) is 31.6 Å². The third-order valence-corrected chi connectivity index (χ3v) is 6.59. The molecular formula is C21H31N5S. The molecule has 1 fully saturated rings. The van der Waals surface area contributed by atoms with Gasteiger partial charge in [0, 0.05) is 50.1 Å².